The average Bonchev–Trinajstić information content (AvgIpc) is 3.26. The van der Waals surface area contributed by atoms with Crippen molar-refractivity contribution in [1.29, 1.82) is 0 Å². The Morgan fingerprint density at radius 1 is 1.03 bits per heavy atom. The third-order valence-corrected chi connectivity index (χ3v) is 5.50. The van der Waals surface area contributed by atoms with Gasteiger partial charge in [0.25, 0.3) is 0 Å². The highest BCUT2D eigenvalue weighted by Gasteiger charge is 2.17. The number of hydrogen-bond acceptors (Lipinski definition) is 6. The highest BCUT2D eigenvalue weighted by atomic mass is 32.2. The second-order valence-corrected chi connectivity index (χ2v) is 7.54. The number of nitrogens with one attached hydrogen (secondary N) is 1. The number of hydrogen-bond donors (Lipinski definition) is 1. The summed E-state index contributed by atoms with van der Waals surface area (Å²) in [5.41, 5.74) is 2.70. The Morgan fingerprint density at radius 3 is 2.61 bits per heavy atom. The first-order chi connectivity index (χ1) is 15.3. The number of thioether (sulfide) groups is 1. The van der Waals surface area contributed by atoms with Gasteiger partial charge in [0.05, 0.1) is 12.9 Å². The van der Waals surface area contributed by atoms with Crippen molar-refractivity contribution in [3.8, 4) is 22.8 Å². The highest BCUT2D eigenvalue weighted by molar-refractivity contribution is 7.99. The molecule has 4 rings (SSSR count). The number of pyridine rings is 1. The largest absolute Gasteiger partial charge is 0.496 e. The summed E-state index contributed by atoms with van der Waals surface area (Å²) in [6, 6.07) is 21.2. The van der Waals surface area contributed by atoms with E-state index in [1.54, 1.807) is 19.5 Å². The Morgan fingerprint density at radius 2 is 1.84 bits per heavy atom. The number of nitrogens with zero attached hydrogens (tertiary/aromatic N) is 4. The maximum atomic E-state index is 12.5. The summed E-state index contributed by atoms with van der Waals surface area (Å²) >= 11 is 1.34. The lowest BCUT2D eigenvalue weighted by Crippen LogP contribution is -2.25. The first-order valence-electron chi connectivity index (χ1n) is 9.69. The van der Waals surface area contributed by atoms with Crippen LogP contribution in [0.5, 0.6) is 5.75 Å². The van der Waals surface area contributed by atoms with Gasteiger partial charge in [-0.15, -0.1) is 10.2 Å². The van der Waals surface area contributed by atoms with E-state index >= 15 is 0 Å². The number of rotatable bonds is 8. The van der Waals surface area contributed by atoms with Crippen LogP contribution in [0.1, 0.15) is 5.56 Å². The predicted molar refractivity (Wildman–Crippen MR) is 120 cm³/mol. The van der Waals surface area contributed by atoms with Crippen LogP contribution in [-0.2, 0) is 11.3 Å². The van der Waals surface area contributed by atoms with Crippen LogP contribution in [0.3, 0.4) is 0 Å². The SMILES string of the molecule is COc1ccccc1CNC(=O)CSc1nnc(-c2cccnc2)n1-c1ccccc1. The van der Waals surface area contributed by atoms with E-state index in [2.05, 4.69) is 20.5 Å². The second-order valence-electron chi connectivity index (χ2n) is 6.60. The molecule has 0 unspecified atom stereocenters. The molecule has 0 saturated heterocycles. The molecule has 0 radical (unpaired) electrons. The van der Waals surface area contributed by atoms with Gasteiger partial charge in [-0.2, -0.15) is 0 Å². The first-order valence-corrected chi connectivity index (χ1v) is 10.7. The van der Waals surface area contributed by atoms with Crippen molar-refractivity contribution >= 4 is 17.7 Å². The third-order valence-electron chi connectivity index (χ3n) is 4.57. The van der Waals surface area contributed by atoms with E-state index < -0.39 is 0 Å². The Balaban J connectivity index is 1.50. The number of carbonyl (C=O) groups is 1. The van der Waals surface area contributed by atoms with Crippen molar-refractivity contribution in [3.63, 3.8) is 0 Å². The van der Waals surface area contributed by atoms with Gasteiger partial charge in [-0.25, -0.2) is 0 Å². The average molecular weight is 432 g/mol. The zero-order valence-electron chi connectivity index (χ0n) is 16.9. The number of benzene rings is 2. The van der Waals surface area contributed by atoms with E-state index in [-0.39, 0.29) is 11.7 Å². The van der Waals surface area contributed by atoms with Gasteiger partial charge in [0.1, 0.15) is 5.75 Å². The first kappa shape index (κ1) is 20.6. The van der Waals surface area contributed by atoms with E-state index in [1.165, 1.54) is 11.8 Å². The van der Waals surface area contributed by atoms with Crippen molar-refractivity contribution < 1.29 is 9.53 Å². The molecule has 0 spiro atoms. The van der Waals surface area contributed by atoms with Crippen LogP contribution in [0, 0.1) is 0 Å². The van der Waals surface area contributed by atoms with Gasteiger partial charge in [0.2, 0.25) is 5.91 Å². The fourth-order valence-electron chi connectivity index (χ4n) is 3.08. The molecule has 4 aromatic rings. The van der Waals surface area contributed by atoms with Crippen LogP contribution in [-0.4, -0.2) is 38.5 Å². The zero-order valence-corrected chi connectivity index (χ0v) is 17.7. The van der Waals surface area contributed by atoms with Crippen molar-refractivity contribution in [2.24, 2.45) is 0 Å². The van der Waals surface area contributed by atoms with Crippen molar-refractivity contribution in [3.05, 3.63) is 84.7 Å². The Bertz CT molecular complexity index is 1150. The lowest BCUT2D eigenvalue weighted by Gasteiger charge is -2.11. The number of aromatic nitrogens is 4. The minimum atomic E-state index is -0.0959. The molecule has 31 heavy (non-hydrogen) atoms. The van der Waals surface area contributed by atoms with Crippen molar-refractivity contribution in [2.45, 2.75) is 11.7 Å². The fraction of sp³-hybridized carbons (Fsp3) is 0.130. The standard InChI is InChI=1S/C23H21N5O2S/c1-30-20-12-6-5-8-17(20)15-25-21(29)16-31-23-27-26-22(18-9-7-13-24-14-18)28(23)19-10-3-2-4-11-19/h2-14H,15-16H2,1H3,(H,25,29). The quantitative estimate of drug-likeness (QED) is 0.428. The fourth-order valence-corrected chi connectivity index (χ4v) is 3.86. The summed E-state index contributed by atoms with van der Waals surface area (Å²) < 4.78 is 7.27. The van der Waals surface area contributed by atoms with Gasteiger partial charge in [0, 0.05) is 35.8 Å². The number of carbonyl (C=O) groups excluding carboxylic acids is 1. The van der Waals surface area contributed by atoms with Gasteiger partial charge < -0.3 is 10.1 Å². The predicted octanol–water partition coefficient (Wildman–Crippen LogP) is 3.75. The number of methoxy groups -OCH3 is 1. The molecular weight excluding hydrogens is 410 g/mol. The number of ether oxygens (including phenoxy) is 1. The van der Waals surface area contributed by atoms with Crippen LogP contribution in [0.15, 0.2) is 84.3 Å². The molecule has 0 saturated carbocycles. The zero-order chi connectivity index (χ0) is 21.5. The lowest BCUT2D eigenvalue weighted by atomic mass is 10.2. The minimum absolute atomic E-state index is 0.0959. The molecule has 0 bridgehead atoms. The van der Waals surface area contributed by atoms with Gasteiger partial charge in [-0.05, 0) is 30.3 Å². The molecule has 1 amide bonds. The third kappa shape index (κ3) is 4.92. The molecule has 0 atom stereocenters. The second kappa shape index (κ2) is 9.90. The molecule has 0 aliphatic rings. The van der Waals surface area contributed by atoms with Gasteiger partial charge >= 0.3 is 0 Å². The van der Waals surface area contributed by atoms with E-state index in [4.69, 9.17) is 4.74 Å². The number of para-hydroxylation sites is 2. The molecule has 2 aromatic heterocycles. The molecule has 2 aromatic carbocycles. The molecule has 0 fully saturated rings. The molecule has 1 N–H and O–H groups in total. The van der Waals surface area contributed by atoms with Gasteiger partial charge in [-0.3, -0.25) is 14.3 Å². The lowest BCUT2D eigenvalue weighted by molar-refractivity contribution is -0.118. The summed E-state index contributed by atoms with van der Waals surface area (Å²) in [7, 11) is 1.62. The molecule has 0 aliphatic carbocycles. The van der Waals surface area contributed by atoms with E-state index in [0.717, 1.165) is 22.6 Å². The maximum absolute atomic E-state index is 12.5. The van der Waals surface area contributed by atoms with Crippen LogP contribution in [0.25, 0.3) is 17.1 Å². The summed E-state index contributed by atoms with van der Waals surface area (Å²) in [4.78, 5) is 16.7. The number of amides is 1. The molecule has 2 heterocycles. The van der Waals surface area contributed by atoms with Gasteiger partial charge in [-0.1, -0.05) is 48.2 Å². The van der Waals surface area contributed by atoms with E-state index in [0.29, 0.717) is 17.5 Å². The monoisotopic (exact) mass is 431 g/mol. The summed E-state index contributed by atoms with van der Waals surface area (Å²) in [5, 5.41) is 12.3. The summed E-state index contributed by atoms with van der Waals surface area (Å²) in [6.45, 7) is 0.399. The topological polar surface area (TPSA) is 81.9 Å². The van der Waals surface area contributed by atoms with E-state index in [1.807, 2.05) is 71.3 Å². The van der Waals surface area contributed by atoms with Crippen molar-refractivity contribution in [1.82, 2.24) is 25.1 Å². The van der Waals surface area contributed by atoms with Gasteiger partial charge in [0.15, 0.2) is 11.0 Å². The van der Waals surface area contributed by atoms with Crippen LogP contribution < -0.4 is 10.1 Å². The van der Waals surface area contributed by atoms with Crippen molar-refractivity contribution in [2.75, 3.05) is 12.9 Å². The molecule has 8 heteroatoms. The van der Waals surface area contributed by atoms with Crippen LogP contribution >= 0.6 is 11.8 Å². The van der Waals surface area contributed by atoms with E-state index in [9.17, 15) is 4.79 Å². The minimum Gasteiger partial charge on any atom is -0.496 e. The Labute approximate surface area is 184 Å². The van der Waals surface area contributed by atoms with Crippen LogP contribution in [0.2, 0.25) is 0 Å². The Hall–Kier alpha value is -3.65. The normalized spacial score (nSPS) is 10.6. The summed E-state index contributed by atoms with van der Waals surface area (Å²) in [5.74, 6) is 1.55. The van der Waals surface area contributed by atoms with Crippen LogP contribution in [0.4, 0.5) is 0 Å². The summed E-state index contributed by atoms with van der Waals surface area (Å²) in [6.07, 6.45) is 3.46. The molecular formula is C23H21N5O2S. The smallest absolute Gasteiger partial charge is 0.230 e. The molecule has 0 aliphatic heterocycles. The Kier molecular flexibility index (Phi) is 6.59. The molecule has 7 nitrogen and oxygen atoms in total. The highest BCUT2D eigenvalue weighted by Crippen LogP contribution is 2.27. The maximum Gasteiger partial charge on any atom is 0.230 e. The molecule has 156 valence electrons.